The van der Waals surface area contributed by atoms with Crippen LogP contribution in [0.1, 0.15) is 35.2 Å². The van der Waals surface area contributed by atoms with Crippen LogP contribution in [0.3, 0.4) is 0 Å². The van der Waals surface area contributed by atoms with E-state index in [-0.39, 0.29) is 11.9 Å². The van der Waals surface area contributed by atoms with E-state index >= 15 is 0 Å². The number of nitrogen functional groups attached to an aromatic ring is 1. The molecule has 0 fully saturated rings. The maximum atomic E-state index is 12.0. The Labute approximate surface area is 183 Å². The van der Waals surface area contributed by atoms with E-state index in [0.717, 1.165) is 17.7 Å². The third-order valence-electron chi connectivity index (χ3n) is 4.83. The Morgan fingerprint density at radius 3 is 2.42 bits per heavy atom. The minimum absolute atomic E-state index is 0.00230. The zero-order chi connectivity index (χ0) is 22.6. The maximum absolute atomic E-state index is 12.0. The molecule has 2 aromatic carbocycles. The SMILES string of the molecule is COC(=O)c1ccc(COC(N)CCCNC(=O)CCN(C)c2ccc(N)cc2)cc1. The van der Waals surface area contributed by atoms with E-state index in [1.165, 1.54) is 7.11 Å². The molecule has 0 heterocycles. The van der Waals surface area contributed by atoms with Gasteiger partial charge in [0, 0.05) is 37.9 Å². The van der Waals surface area contributed by atoms with Gasteiger partial charge in [-0.15, -0.1) is 0 Å². The van der Waals surface area contributed by atoms with Gasteiger partial charge in [-0.25, -0.2) is 4.79 Å². The van der Waals surface area contributed by atoms with Gasteiger partial charge in [-0.05, 0) is 54.8 Å². The normalized spacial score (nSPS) is 11.6. The van der Waals surface area contributed by atoms with Gasteiger partial charge in [0.05, 0.1) is 19.3 Å². The summed E-state index contributed by atoms with van der Waals surface area (Å²) in [5.74, 6) is -0.370. The fourth-order valence-electron chi connectivity index (χ4n) is 2.89. The zero-order valence-corrected chi connectivity index (χ0v) is 18.2. The number of methoxy groups -OCH3 is 1. The predicted octanol–water partition coefficient (Wildman–Crippen LogP) is 2.28. The molecule has 5 N–H and O–H groups in total. The number of rotatable bonds is 12. The average molecular weight is 429 g/mol. The summed E-state index contributed by atoms with van der Waals surface area (Å²) in [4.78, 5) is 25.5. The van der Waals surface area contributed by atoms with Crippen molar-refractivity contribution in [2.45, 2.75) is 32.1 Å². The molecule has 31 heavy (non-hydrogen) atoms. The fraction of sp³-hybridized carbons (Fsp3) is 0.391. The molecule has 0 aliphatic carbocycles. The minimum atomic E-state index is -0.422. The molecule has 168 valence electrons. The van der Waals surface area contributed by atoms with Gasteiger partial charge in [0.25, 0.3) is 0 Å². The highest BCUT2D eigenvalue weighted by Gasteiger charge is 2.08. The molecule has 0 aliphatic heterocycles. The van der Waals surface area contributed by atoms with Crippen molar-refractivity contribution < 1.29 is 19.1 Å². The number of nitrogens with zero attached hydrogens (tertiary/aromatic N) is 1. The number of anilines is 2. The molecular formula is C23H32N4O4. The molecule has 0 spiro atoms. The van der Waals surface area contributed by atoms with Gasteiger partial charge in [-0.3, -0.25) is 4.79 Å². The third kappa shape index (κ3) is 8.65. The summed E-state index contributed by atoms with van der Waals surface area (Å²) in [6.45, 7) is 1.52. The van der Waals surface area contributed by atoms with Crippen LogP contribution in [0.15, 0.2) is 48.5 Å². The van der Waals surface area contributed by atoms with Gasteiger partial charge < -0.3 is 31.2 Å². The number of benzene rings is 2. The second kappa shape index (κ2) is 12.6. The van der Waals surface area contributed by atoms with Crippen LogP contribution in [-0.2, 0) is 20.9 Å². The molecule has 0 aromatic heterocycles. The summed E-state index contributed by atoms with van der Waals surface area (Å²) >= 11 is 0. The Balaban J connectivity index is 1.57. The quantitative estimate of drug-likeness (QED) is 0.205. The zero-order valence-electron chi connectivity index (χ0n) is 18.2. The number of hydrogen-bond donors (Lipinski definition) is 3. The molecular weight excluding hydrogens is 396 g/mol. The molecule has 1 amide bonds. The predicted molar refractivity (Wildman–Crippen MR) is 122 cm³/mol. The van der Waals surface area contributed by atoms with Crippen molar-refractivity contribution in [3.63, 3.8) is 0 Å². The lowest BCUT2D eigenvalue weighted by atomic mass is 10.1. The van der Waals surface area contributed by atoms with Gasteiger partial charge in [0.15, 0.2) is 0 Å². The Hall–Kier alpha value is -3.10. The minimum Gasteiger partial charge on any atom is -0.465 e. The molecule has 0 aliphatic rings. The highest BCUT2D eigenvalue weighted by atomic mass is 16.5. The molecule has 1 unspecified atom stereocenters. The Bertz CT molecular complexity index is 824. The molecule has 0 saturated carbocycles. The molecule has 0 radical (unpaired) electrons. The van der Waals surface area contributed by atoms with E-state index in [9.17, 15) is 9.59 Å². The number of carbonyl (C=O) groups excluding carboxylic acids is 2. The van der Waals surface area contributed by atoms with E-state index < -0.39 is 6.23 Å². The lowest BCUT2D eigenvalue weighted by Gasteiger charge is -2.19. The topological polar surface area (TPSA) is 120 Å². The maximum Gasteiger partial charge on any atom is 0.337 e. The molecule has 8 nitrogen and oxygen atoms in total. The van der Waals surface area contributed by atoms with Gasteiger partial charge in [-0.1, -0.05) is 12.1 Å². The molecule has 1 atom stereocenters. The lowest BCUT2D eigenvalue weighted by molar-refractivity contribution is -0.120. The van der Waals surface area contributed by atoms with Gasteiger partial charge >= 0.3 is 5.97 Å². The first-order valence-electron chi connectivity index (χ1n) is 10.3. The second-order valence-electron chi connectivity index (χ2n) is 7.29. The van der Waals surface area contributed by atoms with Crippen LogP contribution in [-0.4, -0.2) is 45.4 Å². The van der Waals surface area contributed by atoms with Crippen molar-refractivity contribution in [3.05, 3.63) is 59.7 Å². The van der Waals surface area contributed by atoms with Crippen LogP contribution in [0.5, 0.6) is 0 Å². The fourth-order valence-corrected chi connectivity index (χ4v) is 2.89. The molecule has 2 aromatic rings. The Morgan fingerprint density at radius 2 is 1.77 bits per heavy atom. The summed E-state index contributed by atoms with van der Waals surface area (Å²) in [5.41, 5.74) is 14.8. The monoisotopic (exact) mass is 428 g/mol. The highest BCUT2D eigenvalue weighted by Crippen LogP contribution is 2.14. The number of carbonyl (C=O) groups is 2. The number of nitrogens with two attached hydrogens (primary N) is 2. The van der Waals surface area contributed by atoms with E-state index in [1.807, 2.05) is 36.2 Å². The number of esters is 1. The molecule has 0 bridgehead atoms. The van der Waals surface area contributed by atoms with E-state index in [1.54, 1.807) is 24.3 Å². The number of nitrogens with one attached hydrogen (secondary N) is 1. The van der Waals surface area contributed by atoms with Crippen LogP contribution < -0.4 is 21.7 Å². The molecule has 0 saturated heterocycles. The Kier molecular flexibility index (Phi) is 9.80. The van der Waals surface area contributed by atoms with Crippen molar-refractivity contribution in [3.8, 4) is 0 Å². The van der Waals surface area contributed by atoms with Crippen molar-refractivity contribution in [1.29, 1.82) is 0 Å². The first-order chi connectivity index (χ1) is 14.9. The number of hydrogen-bond acceptors (Lipinski definition) is 7. The van der Waals surface area contributed by atoms with Gasteiger partial charge in [-0.2, -0.15) is 0 Å². The standard InChI is InChI=1S/C23H32N4O4/c1-27(20-11-9-19(24)10-12-20)15-13-22(28)26-14-3-4-21(25)31-16-17-5-7-18(8-6-17)23(29)30-2/h5-12,21H,3-4,13-16,24-25H2,1-2H3,(H,26,28). The summed E-state index contributed by atoms with van der Waals surface area (Å²) in [6.07, 6.45) is 1.34. The largest absolute Gasteiger partial charge is 0.465 e. The smallest absolute Gasteiger partial charge is 0.337 e. The number of ether oxygens (including phenoxy) is 2. The van der Waals surface area contributed by atoms with Crippen LogP contribution in [0.25, 0.3) is 0 Å². The summed E-state index contributed by atoms with van der Waals surface area (Å²) in [5, 5.41) is 2.91. The van der Waals surface area contributed by atoms with Crippen molar-refractivity contribution in [2.75, 3.05) is 37.9 Å². The summed E-state index contributed by atoms with van der Waals surface area (Å²) < 4.78 is 10.3. The van der Waals surface area contributed by atoms with Crippen molar-refractivity contribution in [2.24, 2.45) is 5.73 Å². The van der Waals surface area contributed by atoms with Gasteiger partial charge in [0.2, 0.25) is 5.91 Å². The second-order valence-corrected chi connectivity index (χ2v) is 7.29. The highest BCUT2D eigenvalue weighted by molar-refractivity contribution is 5.89. The first-order valence-corrected chi connectivity index (χ1v) is 10.3. The Morgan fingerprint density at radius 1 is 1.10 bits per heavy atom. The van der Waals surface area contributed by atoms with Crippen LogP contribution in [0.2, 0.25) is 0 Å². The van der Waals surface area contributed by atoms with Crippen molar-refractivity contribution in [1.82, 2.24) is 5.32 Å². The third-order valence-corrected chi connectivity index (χ3v) is 4.83. The van der Waals surface area contributed by atoms with Crippen LogP contribution >= 0.6 is 0 Å². The van der Waals surface area contributed by atoms with Crippen LogP contribution in [0.4, 0.5) is 11.4 Å². The first kappa shape index (κ1) is 24.2. The molecule has 2 rings (SSSR count). The molecule has 8 heteroatoms. The average Bonchev–Trinajstić information content (AvgIpc) is 2.79. The van der Waals surface area contributed by atoms with E-state index in [2.05, 4.69) is 10.1 Å². The summed E-state index contributed by atoms with van der Waals surface area (Å²) in [7, 11) is 3.29. The van der Waals surface area contributed by atoms with Gasteiger partial charge in [0.1, 0.15) is 6.23 Å². The van der Waals surface area contributed by atoms with Crippen LogP contribution in [0, 0.1) is 0 Å². The number of amides is 1. The van der Waals surface area contributed by atoms with E-state index in [4.69, 9.17) is 16.2 Å². The lowest BCUT2D eigenvalue weighted by Crippen LogP contribution is -2.30. The van der Waals surface area contributed by atoms with E-state index in [0.29, 0.717) is 43.8 Å². The van der Waals surface area contributed by atoms with Crippen molar-refractivity contribution >= 4 is 23.3 Å². The summed E-state index contributed by atoms with van der Waals surface area (Å²) in [6, 6.07) is 14.5.